The molecule has 1 amide bonds. The van der Waals surface area contributed by atoms with Gasteiger partial charge in [0.1, 0.15) is 6.29 Å². The number of benzene rings is 1. The summed E-state index contributed by atoms with van der Waals surface area (Å²) >= 11 is 0. The summed E-state index contributed by atoms with van der Waals surface area (Å²) in [6, 6.07) is 3.91. The fourth-order valence-corrected chi connectivity index (χ4v) is 4.02. The molecule has 1 aromatic carbocycles. The highest BCUT2D eigenvalue weighted by Gasteiger charge is 2.24. The van der Waals surface area contributed by atoms with E-state index in [4.69, 9.17) is 0 Å². The largest absolute Gasteiger partial charge is 0.346 e. The van der Waals surface area contributed by atoms with Crippen LogP contribution in [0.25, 0.3) is 0 Å². The van der Waals surface area contributed by atoms with Gasteiger partial charge in [-0.1, -0.05) is 6.07 Å². The number of nitrogens with one attached hydrogen (secondary N) is 1. The molecule has 14 heteroatoms. The van der Waals surface area contributed by atoms with Crippen LogP contribution in [0, 0.1) is 0 Å². The molecule has 0 heterocycles. The molecule has 0 saturated carbocycles. The van der Waals surface area contributed by atoms with Crippen LogP contribution in [0.3, 0.4) is 0 Å². The third-order valence-electron chi connectivity index (χ3n) is 3.37. The molecule has 0 aromatic heterocycles. The number of hydrogen-bond acceptors (Lipinski definition) is 7. The summed E-state index contributed by atoms with van der Waals surface area (Å²) in [4.78, 5) is 40.9. The van der Waals surface area contributed by atoms with Crippen molar-refractivity contribution in [2.24, 2.45) is 0 Å². The van der Waals surface area contributed by atoms with Gasteiger partial charge in [0, 0.05) is 26.9 Å². The topological polar surface area (TPSA) is 169 Å². The Balaban J connectivity index is 3.21. The number of hydrogen-bond donors (Lipinski definition) is 4. The van der Waals surface area contributed by atoms with E-state index < -0.39 is 47.3 Å². The van der Waals surface area contributed by atoms with E-state index >= 15 is 0 Å². The van der Waals surface area contributed by atoms with E-state index in [2.05, 4.69) is 18.9 Å². The van der Waals surface area contributed by atoms with Crippen LogP contribution in [0.5, 0.6) is 0 Å². The lowest BCUT2D eigenvalue weighted by Gasteiger charge is -2.15. The third kappa shape index (κ3) is 8.35. The van der Waals surface area contributed by atoms with E-state index in [0.29, 0.717) is 0 Å². The summed E-state index contributed by atoms with van der Waals surface area (Å²) in [7, 11) is -8.81. The van der Waals surface area contributed by atoms with Gasteiger partial charge in [0.25, 0.3) is 5.91 Å². The SMILES string of the molecule is COP(=O)(O)CNC(=O)c1cc(CP(=O)(O)OC)cc(CP(=O)(O)OC)c1. The lowest BCUT2D eigenvalue weighted by Crippen LogP contribution is -2.25. The lowest BCUT2D eigenvalue weighted by atomic mass is 10.1. The van der Waals surface area contributed by atoms with Crippen LogP contribution >= 0.6 is 22.8 Å². The molecule has 3 unspecified atom stereocenters. The molecule has 0 aliphatic rings. The van der Waals surface area contributed by atoms with Gasteiger partial charge in [0.15, 0.2) is 0 Å². The number of carbonyl (C=O) groups excluding carboxylic acids is 1. The highest BCUT2D eigenvalue weighted by atomic mass is 31.2. The molecule has 0 aliphatic carbocycles. The van der Waals surface area contributed by atoms with Crippen molar-refractivity contribution in [3.8, 4) is 0 Å². The van der Waals surface area contributed by atoms with Crippen LogP contribution in [0.1, 0.15) is 21.5 Å². The highest BCUT2D eigenvalue weighted by molar-refractivity contribution is 7.52. The van der Waals surface area contributed by atoms with Crippen LogP contribution < -0.4 is 5.32 Å². The minimum atomic E-state index is -3.99. The summed E-state index contributed by atoms with van der Waals surface area (Å²) in [6.45, 7) is 0. The summed E-state index contributed by atoms with van der Waals surface area (Å²) in [5.74, 6) is -0.778. The van der Waals surface area contributed by atoms with Crippen molar-refractivity contribution in [3.63, 3.8) is 0 Å². The first-order valence-electron chi connectivity index (χ1n) is 7.37. The molecule has 154 valence electrons. The molecule has 27 heavy (non-hydrogen) atoms. The van der Waals surface area contributed by atoms with Gasteiger partial charge in [-0.3, -0.25) is 18.5 Å². The van der Waals surface area contributed by atoms with Crippen molar-refractivity contribution in [2.75, 3.05) is 27.6 Å². The van der Waals surface area contributed by atoms with E-state index in [1.807, 2.05) is 0 Å². The number of rotatable bonds is 10. The second kappa shape index (κ2) is 9.56. The lowest BCUT2D eigenvalue weighted by molar-refractivity contribution is 0.0956. The summed E-state index contributed by atoms with van der Waals surface area (Å²) < 4.78 is 48.4. The zero-order valence-electron chi connectivity index (χ0n) is 14.9. The maximum Gasteiger partial charge on any atom is 0.346 e. The Morgan fingerprint density at radius 3 is 1.63 bits per heavy atom. The maximum absolute atomic E-state index is 12.3. The van der Waals surface area contributed by atoms with Gasteiger partial charge in [-0.15, -0.1) is 0 Å². The van der Waals surface area contributed by atoms with E-state index in [1.165, 1.54) is 18.2 Å². The second-order valence-corrected chi connectivity index (χ2v) is 11.3. The fraction of sp³-hybridized carbons (Fsp3) is 0.462. The molecule has 11 nitrogen and oxygen atoms in total. The Morgan fingerprint density at radius 1 is 0.852 bits per heavy atom. The zero-order valence-corrected chi connectivity index (χ0v) is 17.6. The molecule has 1 aromatic rings. The molecular formula is C13H22NO10P3. The minimum Gasteiger partial charge on any atom is -0.340 e. The Kier molecular flexibility index (Phi) is 8.56. The quantitative estimate of drug-likeness (QED) is 0.390. The van der Waals surface area contributed by atoms with Gasteiger partial charge < -0.3 is 33.6 Å². The van der Waals surface area contributed by atoms with E-state index in [-0.39, 0.29) is 16.7 Å². The van der Waals surface area contributed by atoms with Crippen molar-refractivity contribution in [2.45, 2.75) is 12.3 Å². The van der Waals surface area contributed by atoms with Gasteiger partial charge in [-0.05, 0) is 23.3 Å². The first-order valence-corrected chi connectivity index (χ1v) is 12.7. The van der Waals surface area contributed by atoms with Gasteiger partial charge in [-0.2, -0.15) is 0 Å². The molecule has 0 radical (unpaired) electrons. The molecule has 0 spiro atoms. The average Bonchev–Trinajstić information content (AvgIpc) is 2.58. The van der Waals surface area contributed by atoms with Crippen LogP contribution in [0.15, 0.2) is 18.2 Å². The van der Waals surface area contributed by atoms with Crippen molar-refractivity contribution >= 4 is 28.7 Å². The van der Waals surface area contributed by atoms with Gasteiger partial charge in [0.2, 0.25) is 0 Å². The van der Waals surface area contributed by atoms with Crippen LogP contribution in [0.2, 0.25) is 0 Å². The van der Waals surface area contributed by atoms with Gasteiger partial charge >= 0.3 is 22.8 Å². The summed E-state index contributed by atoms with van der Waals surface area (Å²) in [5.41, 5.74) is 0.339. The Hall–Kier alpha value is -0.860. The Bertz CT molecular complexity index is 782. The molecular weight excluding hydrogens is 423 g/mol. The molecule has 3 atom stereocenters. The summed E-state index contributed by atoms with van der Waals surface area (Å²) in [5, 5.41) is 2.20. The van der Waals surface area contributed by atoms with Crippen LogP contribution in [0.4, 0.5) is 0 Å². The van der Waals surface area contributed by atoms with E-state index in [9.17, 15) is 33.2 Å². The molecule has 1 rings (SSSR count). The molecule has 4 N–H and O–H groups in total. The third-order valence-corrected chi connectivity index (χ3v) is 7.17. The predicted molar refractivity (Wildman–Crippen MR) is 96.7 cm³/mol. The van der Waals surface area contributed by atoms with Crippen molar-refractivity contribution < 1.29 is 46.7 Å². The number of carbonyl (C=O) groups is 1. The average molecular weight is 445 g/mol. The Morgan fingerprint density at radius 2 is 1.26 bits per heavy atom. The van der Waals surface area contributed by atoms with Gasteiger partial charge in [0.05, 0.1) is 12.3 Å². The van der Waals surface area contributed by atoms with Crippen molar-refractivity contribution in [3.05, 3.63) is 34.9 Å². The van der Waals surface area contributed by atoms with Crippen molar-refractivity contribution in [1.29, 1.82) is 0 Å². The molecule has 0 bridgehead atoms. The second-order valence-electron chi connectivity index (χ2n) is 5.48. The predicted octanol–water partition coefficient (Wildman–Crippen LogP) is 1.87. The van der Waals surface area contributed by atoms with Crippen LogP contribution in [-0.4, -0.2) is 48.2 Å². The maximum atomic E-state index is 12.3. The first-order chi connectivity index (χ1) is 12.3. The normalized spacial score (nSPS) is 18.1. The minimum absolute atomic E-state index is 0.0502. The Labute approximate surface area is 156 Å². The smallest absolute Gasteiger partial charge is 0.340 e. The zero-order chi connectivity index (χ0) is 20.9. The van der Waals surface area contributed by atoms with E-state index in [0.717, 1.165) is 21.3 Å². The van der Waals surface area contributed by atoms with Crippen molar-refractivity contribution in [1.82, 2.24) is 5.32 Å². The molecule has 0 saturated heterocycles. The molecule has 0 fully saturated rings. The standard InChI is InChI=1S/C13H22NO10P3/c1-22-25(16,17)7-10-4-11(8-26(18,19)23-2)6-12(5-10)13(15)14-9-27(20,21)24-3/h4-6H,7-9H2,1-3H3,(H,14,15)(H,16,17)(H,18,19)(H,20,21). The summed E-state index contributed by atoms with van der Waals surface area (Å²) in [6.07, 6.45) is -1.55. The molecule has 0 aliphatic heterocycles. The van der Waals surface area contributed by atoms with Crippen LogP contribution in [-0.2, 0) is 39.6 Å². The first kappa shape index (κ1) is 24.2. The number of amides is 1. The van der Waals surface area contributed by atoms with E-state index in [1.54, 1.807) is 0 Å². The fourth-order valence-electron chi connectivity index (χ4n) is 2.01. The highest BCUT2D eigenvalue weighted by Crippen LogP contribution is 2.47. The monoisotopic (exact) mass is 445 g/mol. The van der Waals surface area contributed by atoms with Gasteiger partial charge in [-0.25, -0.2) is 0 Å².